The number of hydrogen-bond donors (Lipinski definition) is 1. The van der Waals surface area contributed by atoms with Crippen molar-refractivity contribution in [2.75, 3.05) is 17.7 Å². The fraction of sp³-hybridized carbons (Fsp3) is 0.136. The lowest BCUT2D eigenvalue weighted by atomic mass is 10.1. The van der Waals surface area contributed by atoms with Gasteiger partial charge in [0.25, 0.3) is 0 Å². The predicted octanol–water partition coefficient (Wildman–Crippen LogP) is 4.80. The van der Waals surface area contributed by atoms with E-state index in [1.54, 1.807) is 16.9 Å². The van der Waals surface area contributed by atoms with Gasteiger partial charge < -0.3 is 10.1 Å². The van der Waals surface area contributed by atoms with Crippen LogP contribution in [0.2, 0.25) is 0 Å². The van der Waals surface area contributed by atoms with Crippen molar-refractivity contribution < 1.29 is 18.3 Å². The molecular formula is C22H18F2N4O2S. The molecule has 2 aromatic carbocycles. The van der Waals surface area contributed by atoms with Gasteiger partial charge in [-0.3, -0.25) is 4.79 Å². The van der Waals surface area contributed by atoms with Crippen molar-refractivity contribution >= 4 is 28.9 Å². The Morgan fingerprint density at radius 3 is 2.71 bits per heavy atom. The Kier molecular flexibility index (Phi) is 6.13. The standard InChI is InChI=1S/C22H18F2N4O2S/c1-2-30-16-6-3-14(4-7-16)19-12-20-22(25-9-10-28(20)27-19)31-13-21(29)26-18-8-5-15(23)11-17(18)24/h3-12H,2,13H2,1H3,(H,26,29). The van der Waals surface area contributed by atoms with Crippen LogP contribution in [0.15, 0.2) is 66.0 Å². The second-order valence-electron chi connectivity index (χ2n) is 6.51. The summed E-state index contributed by atoms with van der Waals surface area (Å²) in [4.78, 5) is 16.6. The molecule has 0 aliphatic rings. The van der Waals surface area contributed by atoms with Gasteiger partial charge in [0.15, 0.2) is 0 Å². The first-order valence-electron chi connectivity index (χ1n) is 9.49. The number of nitrogens with zero attached hydrogens (tertiary/aromatic N) is 3. The van der Waals surface area contributed by atoms with E-state index in [2.05, 4.69) is 15.4 Å². The second-order valence-corrected chi connectivity index (χ2v) is 7.47. The predicted molar refractivity (Wildman–Crippen MR) is 115 cm³/mol. The molecular weight excluding hydrogens is 422 g/mol. The highest BCUT2D eigenvalue weighted by Crippen LogP contribution is 2.27. The van der Waals surface area contributed by atoms with Crippen LogP contribution in [0.1, 0.15) is 6.92 Å². The zero-order chi connectivity index (χ0) is 21.8. The summed E-state index contributed by atoms with van der Waals surface area (Å²) in [5.74, 6) is -1.16. The van der Waals surface area contributed by atoms with Crippen LogP contribution >= 0.6 is 11.8 Å². The molecule has 0 atom stereocenters. The second kappa shape index (κ2) is 9.13. The molecule has 2 heterocycles. The largest absolute Gasteiger partial charge is 0.494 e. The van der Waals surface area contributed by atoms with Gasteiger partial charge in [-0.25, -0.2) is 18.3 Å². The summed E-state index contributed by atoms with van der Waals surface area (Å²) in [7, 11) is 0. The molecule has 0 saturated heterocycles. The molecule has 0 saturated carbocycles. The molecule has 1 N–H and O–H groups in total. The molecule has 4 rings (SSSR count). The number of aromatic nitrogens is 3. The highest BCUT2D eigenvalue weighted by Gasteiger charge is 2.13. The SMILES string of the molecule is CCOc1ccc(-c2cc3c(SCC(=O)Nc4ccc(F)cc4F)nccn3n2)cc1. The van der Waals surface area contributed by atoms with Crippen molar-refractivity contribution in [3.63, 3.8) is 0 Å². The fourth-order valence-corrected chi connectivity index (χ4v) is 3.73. The molecule has 0 spiro atoms. The number of benzene rings is 2. The Morgan fingerprint density at radius 2 is 1.97 bits per heavy atom. The minimum absolute atomic E-state index is 0.00700. The summed E-state index contributed by atoms with van der Waals surface area (Å²) in [5.41, 5.74) is 2.36. The number of carbonyl (C=O) groups is 1. The summed E-state index contributed by atoms with van der Waals surface area (Å²) in [6.45, 7) is 2.53. The summed E-state index contributed by atoms with van der Waals surface area (Å²) in [5, 5.41) is 7.62. The van der Waals surface area contributed by atoms with Crippen molar-refractivity contribution in [1.29, 1.82) is 0 Å². The monoisotopic (exact) mass is 440 g/mol. The maximum absolute atomic E-state index is 13.7. The molecule has 0 aliphatic carbocycles. The van der Waals surface area contributed by atoms with E-state index >= 15 is 0 Å². The van der Waals surface area contributed by atoms with E-state index in [4.69, 9.17) is 4.74 Å². The highest BCUT2D eigenvalue weighted by molar-refractivity contribution is 8.00. The smallest absolute Gasteiger partial charge is 0.234 e. The average Bonchev–Trinajstić information content (AvgIpc) is 3.20. The molecule has 0 bridgehead atoms. The van der Waals surface area contributed by atoms with Crippen LogP contribution in [0.5, 0.6) is 5.75 Å². The zero-order valence-corrected chi connectivity index (χ0v) is 17.3. The summed E-state index contributed by atoms with van der Waals surface area (Å²) >= 11 is 1.20. The number of thioether (sulfide) groups is 1. The van der Waals surface area contributed by atoms with Gasteiger partial charge in [0.1, 0.15) is 22.4 Å². The van der Waals surface area contributed by atoms with E-state index in [0.717, 1.165) is 34.7 Å². The first-order chi connectivity index (χ1) is 15.0. The summed E-state index contributed by atoms with van der Waals surface area (Å²) < 4.78 is 33.9. The van der Waals surface area contributed by atoms with Gasteiger partial charge in [-0.1, -0.05) is 11.8 Å². The van der Waals surface area contributed by atoms with E-state index < -0.39 is 17.5 Å². The maximum Gasteiger partial charge on any atom is 0.234 e. The fourth-order valence-electron chi connectivity index (χ4n) is 2.95. The van der Waals surface area contributed by atoms with Crippen molar-refractivity contribution in [3.05, 3.63) is 72.6 Å². The Labute approximate surface area is 181 Å². The number of anilines is 1. The number of rotatable bonds is 7. The van der Waals surface area contributed by atoms with Crippen LogP contribution in [0.4, 0.5) is 14.5 Å². The van der Waals surface area contributed by atoms with E-state index in [1.165, 1.54) is 17.8 Å². The number of ether oxygens (including phenoxy) is 1. The van der Waals surface area contributed by atoms with Gasteiger partial charge in [-0.2, -0.15) is 5.10 Å². The lowest BCUT2D eigenvalue weighted by Gasteiger charge is -2.06. The number of halogens is 2. The highest BCUT2D eigenvalue weighted by atomic mass is 32.2. The van der Waals surface area contributed by atoms with Crippen LogP contribution in [0.3, 0.4) is 0 Å². The molecule has 0 fully saturated rings. The van der Waals surface area contributed by atoms with E-state index in [9.17, 15) is 13.6 Å². The third-order valence-corrected chi connectivity index (χ3v) is 5.36. The van der Waals surface area contributed by atoms with E-state index in [0.29, 0.717) is 11.6 Å². The number of hydrogen-bond acceptors (Lipinski definition) is 5. The minimum atomic E-state index is -0.825. The van der Waals surface area contributed by atoms with Crippen LogP contribution in [-0.4, -0.2) is 32.9 Å². The molecule has 0 aliphatic heterocycles. The average molecular weight is 440 g/mol. The molecule has 0 unspecified atom stereocenters. The summed E-state index contributed by atoms with van der Waals surface area (Å²) in [6.07, 6.45) is 3.33. The Balaban J connectivity index is 1.48. The third kappa shape index (κ3) is 4.83. The normalized spacial score (nSPS) is 10.9. The minimum Gasteiger partial charge on any atom is -0.494 e. The molecule has 1 amide bonds. The van der Waals surface area contributed by atoms with Crippen LogP contribution in [0.25, 0.3) is 16.8 Å². The van der Waals surface area contributed by atoms with E-state index in [1.807, 2.05) is 37.3 Å². The van der Waals surface area contributed by atoms with E-state index in [-0.39, 0.29) is 11.4 Å². The van der Waals surface area contributed by atoms with Gasteiger partial charge in [0, 0.05) is 24.0 Å². The van der Waals surface area contributed by atoms with Gasteiger partial charge in [0.05, 0.1) is 29.3 Å². The van der Waals surface area contributed by atoms with Crippen LogP contribution < -0.4 is 10.1 Å². The number of fused-ring (bicyclic) bond motifs is 1. The first kappa shape index (κ1) is 20.8. The van der Waals surface area contributed by atoms with Gasteiger partial charge in [-0.15, -0.1) is 0 Å². The maximum atomic E-state index is 13.7. The number of amides is 1. The Hall–Kier alpha value is -3.46. The van der Waals surface area contributed by atoms with Crippen molar-refractivity contribution in [3.8, 4) is 17.0 Å². The Morgan fingerprint density at radius 1 is 1.16 bits per heavy atom. The zero-order valence-electron chi connectivity index (χ0n) is 16.5. The van der Waals surface area contributed by atoms with Crippen molar-refractivity contribution in [1.82, 2.24) is 14.6 Å². The lowest BCUT2D eigenvalue weighted by molar-refractivity contribution is -0.113. The lowest BCUT2D eigenvalue weighted by Crippen LogP contribution is -2.15. The topological polar surface area (TPSA) is 68.5 Å². The molecule has 31 heavy (non-hydrogen) atoms. The quantitative estimate of drug-likeness (QED) is 0.418. The van der Waals surface area contributed by atoms with Crippen LogP contribution in [0, 0.1) is 11.6 Å². The number of nitrogens with one attached hydrogen (secondary N) is 1. The van der Waals surface area contributed by atoms with Gasteiger partial charge in [-0.05, 0) is 49.4 Å². The van der Waals surface area contributed by atoms with Crippen molar-refractivity contribution in [2.24, 2.45) is 0 Å². The molecule has 4 aromatic rings. The number of carbonyl (C=O) groups excluding carboxylic acids is 1. The molecule has 0 radical (unpaired) electrons. The van der Waals surface area contributed by atoms with Gasteiger partial charge in [0.2, 0.25) is 5.91 Å². The molecule has 2 aromatic heterocycles. The molecule has 158 valence electrons. The summed E-state index contributed by atoms with van der Waals surface area (Å²) in [6, 6.07) is 12.5. The molecule has 6 nitrogen and oxygen atoms in total. The molecule has 9 heteroatoms. The van der Waals surface area contributed by atoms with Crippen molar-refractivity contribution in [2.45, 2.75) is 11.9 Å². The Bertz CT molecular complexity index is 1230. The first-order valence-corrected chi connectivity index (χ1v) is 10.5. The third-order valence-electron chi connectivity index (χ3n) is 4.36. The van der Waals surface area contributed by atoms with Crippen LogP contribution in [-0.2, 0) is 4.79 Å². The van der Waals surface area contributed by atoms with Gasteiger partial charge >= 0.3 is 0 Å².